The first-order chi connectivity index (χ1) is 8.84. The van der Waals surface area contributed by atoms with Gasteiger partial charge in [-0.3, -0.25) is 4.79 Å². The van der Waals surface area contributed by atoms with Crippen LogP contribution >= 0.6 is 0 Å². The third-order valence-electron chi connectivity index (χ3n) is 3.29. The van der Waals surface area contributed by atoms with E-state index in [0.29, 0.717) is 6.42 Å². The van der Waals surface area contributed by atoms with E-state index in [1.807, 2.05) is 24.3 Å². The second-order valence-electron chi connectivity index (χ2n) is 4.73. The van der Waals surface area contributed by atoms with Gasteiger partial charge in [-0.15, -0.1) is 0 Å². The number of amides is 1. The summed E-state index contributed by atoms with van der Waals surface area (Å²) < 4.78 is 26.8. The lowest BCUT2D eigenvalue weighted by Gasteiger charge is -2.35. The molecule has 7 heteroatoms. The van der Waals surface area contributed by atoms with E-state index < -0.39 is 22.2 Å². The zero-order valence-electron chi connectivity index (χ0n) is 10.9. The van der Waals surface area contributed by atoms with Crippen LogP contribution in [0.1, 0.15) is 11.1 Å². The van der Waals surface area contributed by atoms with Crippen molar-refractivity contribution >= 4 is 16.1 Å². The van der Waals surface area contributed by atoms with Gasteiger partial charge in [0.2, 0.25) is 5.91 Å². The molecule has 0 bridgehead atoms. The van der Waals surface area contributed by atoms with Gasteiger partial charge in [0.25, 0.3) is 10.2 Å². The average molecular weight is 283 g/mol. The van der Waals surface area contributed by atoms with Crippen LogP contribution in [0.2, 0.25) is 0 Å². The summed E-state index contributed by atoms with van der Waals surface area (Å²) in [5.41, 5.74) is 7.22. The smallest absolute Gasteiger partial charge is 0.282 e. The molecule has 19 heavy (non-hydrogen) atoms. The van der Waals surface area contributed by atoms with E-state index >= 15 is 0 Å². The van der Waals surface area contributed by atoms with Crippen molar-refractivity contribution in [3.63, 3.8) is 0 Å². The standard InChI is InChI=1S/C12H17N3O3S/c1-14(2)19(17,18)15-8-10-6-4-3-5-9(10)7-11(15)12(13)16/h3-6,11H,7-8H2,1-2H3,(H2,13,16)/t11-/m0/s1. The summed E-state index contributed by atoms with van der Waals surface area (Å²) in [5.74, 6) is -0.625. The molecule has 0 saturated heterocycles. The summed E-state index contributed by atoms with van der Waals surface area (Å²) in [6.07, 6.45) is 0.318. The molecule has 6 nitrogen and oxygen atoms in total. The molecule has 1 aromatic rings. The van der Waals surface area contributed by atoms with Crippen LogP contribution in [-0.4, -0.2) is 43.1 Å². The van der Waals surface area contributed by atoms with Crippen molar-refractivity contribution < 1.29 is 13.2 Å². The van der Waals surface area contributed by atoms with Crippen molar-refractivity contribution in [1.29, 1.82) is 0 Å². The van der Waals surface area contributed by atoms with Gasteiger partial charge in [0.15, 0.2) is 0 Å². The third kappa shape index (κ3) is 2.49. The Balaban J connectivity index is 2.46. The van der Waals surface area contributed by atoms with Crippen molar-refractivity contribution in [2.45, 2.75) is 19.0 Å². The minimum Gasteiger partial charge on any atom is -0.368 e. The third-order valence-corrected chi connectivity index (χ3v) is 5.19. The molecule has 2 rings (SSSR count). The monoisotopic (exact) mass is 283 g/mol. The predicted molar refractivity (Wildman–Crippen MR) is 71.3 cm³/mol. The van der Waals surface area contributed by atoms with Gasteiger partial charge < -0.3 is 5.73 Å². The van der Waals surface area contributed by atoms with E-state index in [4.69, 9.17) is 5.73 Å². The number of fused-ring (bicyclic) bond motifs is 1. The molecule has 2 N–H and O–H groups in total. The van der Waals surface area contributed by atoms with E-state index in [1.165, 1.54) is 14.1 Å². The zero-order valence-corrected chi connectivity index (χ0v) is 11.7. The summed E-state index contributed by atoms with van der Waals surface area (Å²) >= 11 is 0. The minimum atomic E-state index is -3.67. The van der Waals surface area contributed by atoms with E-state index in [1.54, 1.807) is 0 Å². The fourth-order valence-electron chi connectivity index (χ4n) is 2.19. The van der Waals surface area contributed by atoms with Crippen LogP contribution in [0.5, 0.6) is 0 Å². The Labute approximate surface area is 113 Å². The van der Waals surface area contributed by atoms with Gasteiger partial charge in [-0.05, 0) is 17.5 Å². The number of carbonyl (C=O) groups excluding carboxylic acids is 1. The van der Waals surface area contributed by atoms with E-state index in [0.717, 1.165) is 19.7 Å². The molecule has 0 unspecified atom stereocenters. The van der Waals surface area contributed by atoms with E-state index in [9.17, 15) is 13.2 Å². The average Bonchev–Trinajstić information content (AvgIpc) is 2.36. The highest BCUT2D eigenvalue weighted by Crippen LogP contribution is 2.26. The van der Waals surface area contributed by atoms with Gasteiger partial charge >= 0.3 is 0 Å². The lowest BCUT2D eigenvalue weighted by molar-refractivity contribution is -0.122. The number of rotatable bonds is 3. The predicted octanol–water partition coefficient (Wildman–Crippen LogP) is -0.295. The number of primary amides is 1. The molecular formula is C12H17N3O3S. The molecule has 1 heterocycles. The van der Waals surface area contributed by atoms with Crippen molar-refractivity contribution in [2.75, 3.05) is 14.1 Å². The molecule has 1 aliphatic rings. The molecule has 1 aromatic carbocycles. The van der Waals surface area contributed by atoms with Gasteiger partial charge in [-0.2, -0.15) is 17.0 Å². The van der Waals surface area contributed by atoms with Crippen molar-refractivity contribution in [1.82, 2.24) is 8.61 Å². The molecule has 104 valence electrons. The maximum Gasteiger partial charge on any atom is 0.282 e. The Morgan fingerprint density at radius 1 is 1.32 bits per heavy atom. The Bertz CT molecular complexity index is 598. The SMILES string of the molecule is CN(C)S(=O)(=O)N1Cc2ccccc2C[C@H]1C(N)=O. The molecule has 0 aromatic heterocycles. The summed E-state index contributed by atoms with van der Waals surface area (Å²) in [5, 5.41) is 0. The van der Waals surface area contributed by atoms with E-state index in [2.05, 4.69) is 0 Å². The van der Waals surface area contributed by atoms with Crippen LogP contribution in [0.3, 0.4) is 0 Å². The first-order valence-corrected chi connectivity index (χ1v) is 7.29. The number of hydrogen-bond acceptors (Lipinski definition) is 3. The summed E-state index contributed by atoms with van der Waals surface area (Å²) in [6.45, 7) is 0.171. The van der Waals surface area contributed by atoms with Gasteiger partial charge in [0.05, 0.1) is 0 Å². The minimum absolute atomic E-state index is 0.171. The Hall–Kier alpha value is -1.44. The maximum absolute atomic E-state index is 12.3. The first-order valence-electron chi connectivity index (χ1n) is 5.89. The van der Waals surface area contributed by atoms with Crippen molar-refractivity contribution in [3.05, 3.63) is 35.4 Å². The molecule has 1 aliphatic heterocycles. The summed E-state index contributed by atoms with van der Waals surface area (Å²) in [6, 6.07) is 6.65. The number of nitrogens with two attached hydrogens (primary N) is 1. The highest BCUT2D eigenvalue weighted by atomic mass is 32.2. The van der Waals surface area contributed by atoms with Gasteiger partial charge in [0.1, 0.15) is 6.04 Å². The van der Waals surface area contributed by atoms with Crippen LogP contribution in [-0.2, 0) is 28.0 Å². The van der Waals surface area contributed by atoms with Gasteiger partial charge in [-0.1, -0.05) is 24.3 Å². The van der Waals surface area contributed by atoms with Crippen molar-refractivity contribution in [2.24, 2.45) is 5.73 Å². The number of carbonyl (C=O) groups is 1. The molecule has 0 aliphatic carbocycles. The second kappa shape index (κ2) is 4.92. The number of nitrogens with zero attached hydrogens (tertiary/aromatic N) is 2. The van der Waals surface area contributed by atoms with Gasteiger partial charge in [0, 0.05) is 20.6 Å². The van der Waals surface area contributed by atoms with Gasteiger partial charge in [-0.25, -0.2) is 0 Å². The molecule has 1 amide bonds. The Kier molecular flexibility index (Phi) is 3.62. The second-order valence-corrected chi connectivity index (χ2v) is 6.82. The fourth-order valence-corrected chi connectivity index (χ4v) is 3.42. The topological polar surface area (TPSA) is 83.7 Å². The highest BCUT2D eigenvalue weighted by molar-refractivity contribution is 7.86. The molecular weight excluding hydrogens is 266 g/mol. The Morgan fingerprint density at radius 2 is 1.89 bits per heavy atom. The van der Waals surface area contributed by atoms with Crippen molar-refractivity contribution in [3.8, 4) is 0 Å². The lowest BCUT2D eigenvalue weighted by atomic mass is 9.96. The van der Waals surface area contributed by atoms with Crippen LogP contribution in [0.15, 0.2) is 24.3 Å². The molecule has 0 saturated carbocycles. The fraction of sp³-hybridized carbons (Fsp3) is 0.417. The molecule has 0 fully saturated rings. The molecule has 0 radical (unpaired) electrons. The Morgan fingerprint density at radius 3 is 2.42 bits per heavy atom. The first kappa shape index (κ1) is 14.0. The maximum atomic E-state index is 12.3. The van der Waals surface area contributed by atoms with Crippen LogP contribution in [0.4, 0.5) is 0 Å². The largest absolute Gasteiger partial charge is 0.368 e. The zero-order chi connectivity index (χ0) is 14.2. The van der Waals surface area contributed by atoms with E-state index in [-0.39, 0.29) is 6.54 Å². The van der Waals surface area contributed by atoms with Crippen LogP contribution < -0.4 is 5.73 Å². The normalized spacial score (nSPS) is 20.3. The number of hydrogen-bond donors (Lipinski definition) is 1. The summed E-state index contributed by atoms with van der Waals surface area (Å²) in [4.78, 5) is 11.5. The lowest BCUT2D eigenvalue weighted by Crippen LogP contribution is -2.54. The molecule has 1 atom stereocenters. The molecule has 0 spiro atoms. The number of benzene rings is 1. The quantitative estimate of drug-likeness (QED) is 0.827. The summed E-state index contributed by atoms with van der Waals surface area (Å²) in [7, 11) is -0.794. The van der Waals surface area contributed by atoms with Crippen LogP contribution in [0.25, 0.3) is 0 Å². The highest BCUT2D eigenvalue weighted by Gasteiger charge is 2.38. The van der Waals surface area contributed by atoms with Crippen LogP contribution in [0, 0.1) is 0 Å².